The summed E-state index contributed by atoms with van der Waals surface area (Å²) in [6.07, 6.45) is 5.57. The Labute approximate surface area is 133 Å². The molecule has 0 saturated carbocycles. The minimum atomic E-state index is -0.375. The van der Waals surface area contributed by atoms with Crippen LogP contribution in [0.25, 0.3) is 16.9 Å². The molecule has 0 aliphatic heterocycles. The molecular formula is C16H21N5O2. The van der Waals surface area contributed by atoms with E-state index in [0.29, 0.717) is 16.9 Å². The van der Waals surface area contributed by atoms with E-state index in [0.717, 1.165) is 25.1 Å². The Balaban J connectivity index is 2.42. The first-order valence-corrected chi connectivity index (χ1v) is 7.79. The molecule has 0 radical (unpaired) electrons. The number of aryl methyl sites for hydroxylation is 3. The van der Waals surface area contributed by atoms with Crippen LogP contribution in [0.1, 0.15) is 25.5 Å². The highest BCUT2D eigenvalue weighted by molar-refractivity contribution is 5.75. The van der Waals surface area contributed by atoms with Crippen LogP contribution >= 0.6 is 0 Å². The van der Waals surface area contributed by atoms with E-state index in [4.69, 9.17) is 0 Å². The van der Waals surface area contributed by atoms with Crippen molar-refractivity contribution in [3.8, 4) is 0 Å². The Morgan fingerprint density at radius 3 is 2.70 bits per heavy atom. The Morgan fingerprint density at radius 1 is 1.30 bits per heavy atom. The number of unbranched alkanes of at least 4 members (excludes halogenated alkanes) is 1. The second-order valence-corrected chi connectivity index (χ2v) is 5.78. The van der Waals surface area contributed by atoms with Crippen molar-refractivity contribution >= 4 is 16.9 Å². The monoisotopic (exact) mass is 315 g/mol. The lowest BCUT2D eigenvalue weighted by Gasteiger charge is -2.05. The highest BCUT2D eigenvalue weighted by Crippen LogP contribution is 2.16. The average molecular weight is 315 g/mol. The first kappa shape index (κ1) is 15.3. The zero-order valence-corrected chi connectivity index (χ0v) is 13.7. The maximum atomic E-state index is 12.7. The van der Waals surface area contributed by atoms with Crippen molar-refractivity contribution in [2.24, 2.45) is 7.05 Å². The van der Waals surface area contributed by atoms with Gasteiger partial charge in [-0.15, -0.1) is 6.58 Å². The van der Waals surface area contributed by atoms with Gasteiger partial charge in [-0.2, -0.15) is 4.98 Å². The lowest BCUT2D eigenvalue weighted by atomic mass is 10.3. The van der Waals surface area contributed by atoms with Crippen LogP contribution in [0, 0.1) is 6.92 Å². The van der Waals surface area contributed by atoms with Gasteiger partial charge in [-0.05, 0) is 13.3 Å². The lowest BCUT2D eigenvalue weighted by Crippen LogP contribution is -2.39. The summed E-state index contributed by atoms with van der Waals surface area (Å²) in [4.78, 5) is 29.6. The van der Waals surface area contributed by atoms with Crippen LogP contribution in [0.3, 0.4) is 0 Å². The second kappa shape index (κ2) is 5.57. The second-order valence-electron chi connectivity index (χ2n) is 5.78. The first-order valence-electron chi connectivity index (χ1n) is 7.79. The Kier molecular flexibility index (Phi) is 3.71. The molecule has 0 aliphatic carbocycles. The summed E-state index contributed by atoms with van der Waals surface area (Å²) in [5, 5.41) is 0. The van der Waals surface area contributed by atoms with Gasteiger partial charge < -0.3 is 4.57 Å². The summed E-state index contributed by atoms with van der Waals surface area (Å²) in [6, 6.07) is 0. The van der Waals surface area contributed by atoms with Crippen molar-refractivity contribution in [1.82, 2.24) is 23.1 Å². The fraction of sp³-hybridized carbons (Fsp3) is 0.438. The van der Waals surface area contributed by atoms with Gasteiger partial charge in [0, 0.05) is 32.0 Å². The van der Waals surface area contributed by atoms with E-state index < -0.39 is 0 Å². The molecule has 0 fully saturated rings. The zero-order chi connectivity index (χ0) is 16.7. The average Bonchev–Trinajstić information content (AvgIpc) is 3.03. The normalized spacial score (nSPS) is 11.6. The smallest absolute Gasteiger partial charge is 0.314 e. The standard InChI is InChI=1S/C16H21N5O2/c1-5-7-9-19-11(3)10-21-12-13(17-15(19)21)18(4)16(23)20(8-6-2)14(12)22/h6,10H,2,5,7-9H2,1,3-4H3. The van der Waals surface area contributed by atoms with Crippen LogP contribution in [-0.2, 0) is 20.1 Å². The van der Waals surface area contributed by atoms with E-state index in [1.54, 1.807) is 17.5 Å². The number of fused-ring (bicyclic) bond motifs is 3. The highest BCUT2D eigenvalue weighted by atomic mass is 16.2. The third-order valence-corrected chi connectivity index (χ3v) is 4.19. The Bertz CT molecular complexity index is 1020. The quantitative estimate of drug-likeness (QED) is 0.669. The van der Waals surface area contributed by atoms with Crippen molar-refractivity contribution < 1.29 is 0 Å². The Hall–Kier alpha value is -2.57. The number of hydrogen-bond donors (Lipinski definition) is 0. The molecule has 3 aromatic rings. The van der Waals surface area contributed by atoms with Crippen LogP contribution in [-0.4, -0.2) is 23.1 Å². The third kappa shape index (κ3) is 2.15. The summed E-state index contributed by atoms with van der Waals surface area (Å²) in [6.45, 7) is 8.78. The van der Waals surface area contributed by atoms with E-state index in [2.05, 4.69) is 23.1 Å². The molecule has 7 heteroatoms. The number of aromatic nitrogens is 5. The van der Waals surface area contributed by atoms with Gasteiger partial charge in [-0.3, -0.25) is 18.3 Å². The molecule has 0 N–H and O–H groups in total. The first-order chi connectivity index (χ1) is 11.0. The van der Waals surface area contributed by atoms with Crippen molar-refractivity contribution in [3.63, 3.8) is 0 Å². The predicted molar refractivity (Wildman–Crippen MR) is 90.0 cm³/mol. The van der Waals surface area contributed by atoms with E-state index in [-0.39, 0.29) is 17.8 Å². The lowest BCUT2D eigenvalue weighted by molar-refractivity contribution is 0.631. The number of imidazole rings is 2. The molecule has 3 aromatic heterocycles. The summed E-state index contributed by atoms with van der Waals surface area (Å²) < 4.78 is 6.49. The molecule has 0 saturated heterocycles. The van der Waals surface area contributed by atoms with Gasteiger partial charge in [0.15, 0.2) is 11.2 Å². The van der Waals surface area contributed by atoms with E-state index >= 15 is 0 Å². The van der Waals surface area contributed by atoms with E-state index in [1.807, 2.05) is 13.1 Å². The van der Waals surface area contributed by atoms with Crippen molar-refractivity contribution in [3.05, 3.63) is 45.4 Å². The minimum absolute atomic E-state index is 0.185. The van der Waals surface area contributed by atoms with E-state index in [9.17, 15) is 9.59 Å². The molecule has 0 unspecified atom stereocenters. The molecule has 0 atom stereocenters. The van der Waals surface area contributed by atoms with Crippen molar-refractivity contribution in [2.45, 2.75) is 39.8 Å². The maximum absolute atomic E-state index is 12.7. The van der Waals surface area contributed by atoms with Gasteiger partial charge >= 0.3 is 5.69 Å². The third-order valence-electron chi connectivity index (χ3n) is 4.19. The zero-order valence-electron chi connectivity index (χ0n) is 13.7. The topological polar surface area (TPSA) is 66.2 Å². The summed E-state index contributed by atoms with van der Waals surface area (Å²) in [5.41, 5.74) is 1.19. The molecule has 0 amide bonds. The molecular weight excluding hydrogens is 294 g/mol. The van der Waals surface area contributed by atoms with Crippen LogP contribution in [0.15, 0.2) is 28.4 Å². The van der Waals surface area contributed by atoms with Crippen LogP contribution in [0.5, 0.6) is 0 Å². The number of hydrogen-bond acceptors (Lipinski definition) is 3. The summed E-state index contributed by atoms with van der Waals surface area (Å²) in [5.74, 6) is 0.703. The maximum Gasteiger partial charge on any atom is 0.332 e. The largest absolute Gasteiger partial charge is 0.332 e. The van der Waals surface area contributed by atoms with Gasteiger partial charge in [-0.1, -0.05) is 19.4 Å². The molecule has 0 spiro atoms. The molecule has 3 heterocycles. The summed E-state index contributed by atoms with van der Waals surface area (Å²) in [7, 11) is 1.64. The van der Waals surface area contributed by atoms with Gasteiger partial charge in [0.2, 0.25) is 5.78 Å². The fourth-order valence-electron chi connectivity index (χ4n) is 2.94. The van der Waals surface area contributed by atoms with Crippen molar-refractivity contribution in [2.75, 3.05) is 0 Å². The molecule has 3 rings (SSSR count). The highest BCUT2D eigenvalue weighted by Gasteiger charge is 2.19. The molecule has 122 valence electrons. The van der Waals surface area contributed by atoms with Gasteiger partial charge in [-0.25, -0.2) is 4.79 Å². The fourth-order valence-corrected chi connectivity index (χ4v) is 2.94. The summed E-state index contributed by atoms with van der Waals surface area (Å²) >= 11 is 0. The van der Waals surface area contributed by atoms with Crippen molar-refractivity contribution in [1.29, 1.82) is 0 Å². The van der Waals surface area contributed by atoms with Gasteiger partial charge in [0.25, 0.3) is 5.56 Å². The van der Waals surface area contributed by atoms with Gasteiger partial charge in [0.1, 0.15) is 0 Å². The molecule has 7 nitrogen and oxygen atoms in total. The van der Waals surface area contributed by atoms with Crippen LogP contribution in [0.2, 0.25) is 0 Å². The molecule has 0 aromatic carbocycles. The van der Waals surface area contributed by atoms with Crippen LogP contribution in [0.4, 0.5) is 0 Å². The number of nitrogens with zero attached hydrogens (tertiary/aromatic N) is 5. The molecule has 0 bridgehead atoms. The SMILES string of the molecule is C=CCn1c(=O)c2c(nc3n(CCCC)c(C)cn23)n(C)c1=O. The Morgan fingerprint density at radius 2 is 2.04 bits per heavy atom. The molecule has 23 heavy (non-hydrogen) atoms. The van der Waals surface area contributed by atoms with Crippen LogP contribution < -0.4 is 11.2 Å². The van der Waals surface area contributed by atoms with Gasteiger partial charge in [0.05, 0.1) is 0 Å². The van der Waals surface area contributed by atoms with E-state index in [1.165, 1.54) is 9.13 Å². The minimum Gasteiger partial charge on any atom is -0.314 e. The molecule has 0 aliphatic rings. The predicted octanol–water partition coefficient (Wildman–Crippen LogP) is 1.44. The number of allylic oxidation sites excluding steroid dienone is 1. The number of rotatable bonds is 5.